The lowest BCUT2D eigenvalue weighted by Gasteiger charge is -2.45. The Morgan fingerprint density at radius 3 is 1.42 bits per heavy atom. The fourth-order valence-electron chi connectivity index (χ4n) is 9.70. The second-order valence-corrected chi connectivity index (χ2v) is 15.6. The molecule has 4 heteroatoms. The number of fused-ring (bicyclic) bond motifs is 8. The van der Waals surface area contributed by atoms with E-state index in [1.807, 2.05) is 0 Å². The standard InChI is InChI=1S/C53H39BN2O/c1-53(2)44-33-19-20-34-45(44)54-46-35-47(55(36-21-7-3-8-22-36)37-23-9-4-10-24-37)40-29-15-17-31-42(40)51(46)57-52-43-32-18-16-30-41(43)50(48(53)49(52)54)56(38-25-11-5-12-26-38)39-27-13-6-14-28-39/h3-35H,1-2H3. The summed E-state index contributed by atoms with van der Waals surface area (Å²) in [5, 5.41) is 4.50. The van der Waals surface area contributed by atoms with Crippen LogP contribution in [0.15, 0.2) is 200 Å². The van der Waals surface area contributed by atoms with Gasteiger partial charge in [0.05, 0.1) is 11.4 Å². The van der Waals surface area contributed by atoms with Crippen LogP contribution in [-0.2, 0) is 5.41 Å². The number of hydrogen-bond acceptors (Lipinski definition) is 3. The molecule has 0 bridgehead atoms. The van der Waals surface area contributed by atoms with Gasteiger partial charge in [0.2, 0.25) is 0 Å². The predicted octanol–water partition coefficient (Wildman–Crippen LogP) is 12.2. The molecule has 0 radical (unpaired) electrons. The lowest BCUT2D eigenvalue weighted by molar-refractivity contribution is 0.496. The van der Waals surface area contributed by atoms with Crippen LogP contribution in [0.1, 0.15) is 25.0 Å². The van der Waals surface area contributed by atoms with Crippen LogP contribution in [-0.4, -0.2) is 6.71 Å². The van der Waals surface area contributed by atoms with Crippen molar-refractivity contribution in [2.24, 2.45) is 0 Å². The molecule has 2 aliphatic heterocycles. The number of para-hydroxylation sites is 4. The summed E-state index contributed by atoms with van der Waals surface area (Å²) in [6.07, 6.45) is 0. The number of rotatable bonds is 6. The maximum absolute atomic E-state index is 7.51. The van der Waals surface area contributed by atoms with Gasteiger partial charge in [0.25, 0.3) is 6.71 Å². The molecule has 9 aromatic carbocycles. The van der Waals surface area contributed by atoms with Gasteiger partial charge in [0.1, 0.15) is 11.5 Å². The first-order chi connectivity index (χ1) is 28.1. The molecule has 0 saturated heterocycles. The van der Waals surface area contributed by atoms with Crippen LogP contribution in [0.3, 0.4) is 0 Å². The predicted molar refractivity (Wildman–Crippen MR) is 241 cm³/mol. The Hall–Kier alpha value is -7.04. The van der Waals surface area contributed by atoms with E-state index in [0.717, 1.165) is 61.5 Å². The Bertz CT molecular complexity index is 2890. The summed E-state index contributed by atoms with van der Waals surface area (Å²) in [4.78, 5) is 4.87. The molecule has 0 aliphatic carbocycles. The Kier molecular flexibility index (Phi) is 7.62. The molecule has 0 aromatic heterocycles. The minimum Gasteiger partial charge on any atom is -0.457 e. The molecule has 0 N–H and O–H groups in total. The van der Waals surface area contributed by atoms with Crippen molar-refractivity contribution >= 4 is 78.8 Å². The van der Waals surface area contributed by atoms with E-state index in [4.69, 9.17) is 4.74 Å². The first-order valence-electron chi connectivity index (χ1n) is 19.8. The molecule has 2 aliphatic rings. The number of ether oxygens (including phenoxy) is 1. The minimum atomic E-state index is -0.376. The fraction of sp³-hybridized carbons (Fsp3) is 0.0566. The molecular weight excluding hydrogens is 691 g/mol. The van der Waals surface area contributed by atoms with Gasteiger partial charge in [-0.15, -0.1) is 0 Å². The first-order valence-corrected chi connectivity index (χ1v) is 19.8. The summed E-state index contributed by atoms with van der Waals surface area (Å²) >= 11 is 0. The quantitative estimate of drug-likeness (QED) is 0.158. The number of anilines is 6. The highest BCUT2D eigenvalue weighted by atomic mass is 16.5. The Balaban J connectivity index is 1.28. The van der Waals surface area contributed by atoms with Crippen LogP contribution in [0.4, 0.5) is 34.1 Å². The van der Waals surface area contributed by atoms with Gasteiger partial charge in [-0.3, -0.25) is 0 Å². The lowest BCUT2D eigenvalue weighted by Crippen LogP contribution is -2.62. The van der Waals surface area contributed by atoms with Gasteiger partial charge < -0.3 is 14.5 Å². The SMILES string of the molecule is CC1(C)c2ccccc2B2c3cc(N(c4ccccc4)c4ccccc4)c4ccccc4c3Oc3c2c1c(N(c1ccccc1)c1ccccc1)c1ccccc31. The highest BCUT2D eigenvalue weighted by molar-refractivity contribution is 6.98. The summed E-state index contributed by atoms with van der Waals surface area (Å²) in [5.41, 5.74) is 12.7. The molecule has 0 amide bonds. The van der Waals surface area contributed by atoms with Crippen molar-refractivity contribution in [1.82, 2.24) is 0 Å². The first kappa shape index (κ1) is 33.3. The van der Waals surface area contributed by atoms with Gasteiger partial charge in [0, 0.05) is 49.7 Å². The molecular formula is C53H39BN2O. The molecule has 11 rings (SSSR count). The molecule has 270 valence electrons. The molecule has 0 atom stereocenters. The van der Waals surface area contributed by atoms with Crippen LogP contribution in [0.25, 0.3) is 21.5 Å². The van der Waals surface area contributed by atoms with Crippen LogP contribution in [0.5, 0.6) is 11.5 Å². The Morgan fingerprint density at radius 1 is 0.421 bits per heavy atom. The Morgan fingerprint density at radius 2 is 0.860 bits per heavy atom. The zero-order chi connectivity index (χ0) is 38.1. The second-order valence-electron chi connectivity index (χ2n) is 15.6. The molecule has 0 spiro atoms. The topological polar surface area (TPSA) is 15.7 Å². The third-order valence-electron chi connectivity index (χ3n) is 12.1. The van der Waals surface area contributed by atoms with Crippen molar-refractivity contribution in [3.63, 3.8) is 0 Å². The Labute approximate surface area is 334 Å². The third-order valence-corrected chi connectivity index (χ3v) is 12.1. The molecule has 0 saturated carbocycles. The van der Waals surface area contributed by atoms with Gasteiger partial charge in [-0.2, -0.15) is 0 Å². The number of hydrogen-bond donors (Lipinski definition) is 0. The summed E-state index contributed by atoms with van der Waals surface area (Å²) in [6.45, 7) is 4.71. The van der Waals surface area contributed by atoms with Crippen LogP contribution in [0.2, 0.25) is 0 Å². The van der Waals surface area contributed by atoms with Crippen LogP contribution < -0.4 is 30.9 Å². The van der Waals surface area contributed by atoms with E-state index in [2.05, 4.69) is 224 Å². The summed E-state index contributed by atoms with van der Waals surface area (Å²) in [6, 6.07) is 72.2. The molecule has 0 fully saturated rings. The highest BCUT2D eigenvalue weighted by Crippen LogP contribution is 2.52. The molecule has 0 unspecified atom stereocenters. The average molecular weight is 731 g/mol. The highest BCUT2D eigenvalue weighted by Gasteiger charge is 2.48. The van der Waals surface area contributed by atoms with E-state index < -0.39 is 0 Å². The minimum absolute atomic E-state index is 0.0866. The van der Waals surface area contributed by atoms with Gasteiger partial charge in [-0.05, 0) is 76.6 Å². The van der Waals surface area contributed by atoms with Crippen molar-refractivity contribution in [3.8, 4) is 11.5 Å². The van der Waals surface area contributed by atoms with E-state index in [1.54, 1.807) is 0 Å². The maximum Gasteiger partial charge on any atom is 0.251 e. The molecule has 2 heterocycles. The molecule has 9 aromatic rings. The van der Waals surface area contributed by atoms with Crippen molar-refractivity contribution in [3.05, 3.63) is 211 Å². The van der Waals surface area contributed by atoms with Crippen molar-refractivity contribution in [2.75, 3.05) is 9.80 Å². The van der Waals surface area contributed by atoms with E-state index >= 15 is 0 Å². The van der Waals surface area contributed by atoms with Crippen LogP contribution >= 0.6 is 0 Å². The summed E-state index contributed by atoms with van der Waals surface area (Å²) < 4.78 is 7.51. The van der Waals surface area contributed by atoms with E-state index in [9.17, 15) is 0 Å². The van der Waals surface area contributed by atoms with Crippen molar-refractivity contribution < 1.29 is 4.74 Å². The van der Waals surface area contributed by atoms with E-state index in [1.165, 1.54) is 33.2 Å². The van der Waals surface area contributed by atoms with Crippen molar-refractivity contribution in [2.45, 2.75) is 19.3 Å². The lowest BCUT2D eigenvalue weighted by atomic mass is 9.30. The molecule has 3 nitrogen and oxygen atoms in total. The zero-order valence-electron chi connectivity index (χ0n) is 31.9. The number of nitrogens with zero attached hydrogens (tertiary/aromatic N) is 2. The number of benzene rings is 9. The van der Waals surface area contributed by atoms with Gasteiger partial charge in [0.15, 0.2) is 0 Å². The maximum atomic E-state index is 7.51. The summed E-state index contributed by atoms with van der Waals surface area (Å²) in [7, 11) is 0. The largest absolute Gasteiger partial charge is 0.457 e. The average Bonchev–Trinajstić information content (AvgIpc) is 3.27. The third kappa shape index (κ3) is 5.07. The smallest absolute Gasteiger partial charge is 0.251 e. The van der Waals surface area contributed by atoms with Crippen molar-refractivity contribution in [1.29, 1.82) is 0 Å². The second kappa shape index (κ2) is 13.0. The van der Waals surface area contributed by atoms with Gasteiger partial charge in [-0.25, -0.2) is 0 Å². The van der Waals surface area contributed by atoms with Gasteiger partial charge in [-0.1, -0.05) is 165 Å². The normalized spacial score (nSPS) is 13.3. The molecule has 57 heavy (non-hydrogen) atoms. The fourth-order valence-corrected chi connectivity index (χ4v) is 9.70. The van der Waals surface area contributed by atoms with E-state index in [0.29, 0.717) is 0 Å². The van der Waals surface area contributed by atoms with E-state index in [-0.39, 0.29) is 12.1 Å². The monoisotopic (exact) mass is 730 g/mol. The van der Waals surface area contributed by atoms with Crippen LogP contribution in [0, 0.1) is 0 Å². The summed E-state index contributed by atoms with van der Waals surface area (Å²) in [5.74, 6) is 1.88. The van der Waals surface area contributed by atoms with Gasteiger partial charge >= 0.3 is 0 Å². The zero-order valence-corrected chi connectivity index (χ0v) is 31.9.